The molecule has 0 spiro atoms. The molecule has 1 radical (unpaired) electrons. The minimum Gasteiger partial charge on any atom is -0.394 e. The second-order valence-electron chi connectivity index (χ2n) is 1.39. The SMILES string of the molecule is O[CH][C@H](O)[C@@H](O)CO. The summed E-state index contributed by atoms with van der Waals surface area (Å²) in [6.07, 6.45) is -2.63. The van der Waals surface area contributed by atoms with Crippen molar-refractivity contribution in [2.45, 2.75) is 12.2 Å². The standard InChI is InChI=1S/C4H9O4/c5-1-3(7)4(8)2-6/h1,3-8H,2H2/t3-,4-/m0/s1. The van der Waals surface area contributed by atoms with Gasteiger partial charge in [-0.1, -0.05) is 0 Å². The van der Waals surface area contributed by atoms with E-state index in [1.54, 1.807) is 0 Å². The second-order valence-corrected chi connectivity index (χ2v) is 1.39. The lowest BCUT2D eigenvalue weighted by Gasteiger charge is -2.10. The van der Waals surface area contributed by atoms with Crippen LogP contribution < -0.4 is 0 Å². The van der Waals surface area contributed by atoms with E-state index in [1.165, 1.54) is 0 Å². The first-order valence-corrected chi connectivity index (χ1v) is 2.17. The van der Waals surface area contributed by atoms with Crippen LogP contribution in [-0.2, 0) is 0 Å². The Labute approximate surface area is 47.0 Å². The molecule has 0 amide bonds. The summed E-state index contributed by atoms with van der Waals surface area (Å²) in [7, 11) is 0. The van der Waals surface area contributed by atoms with Crippen LogP contribution in [0, 0.1) is 6.61 Å². The smallest absolute Gasteiger partial charge is 0.111 e. The highest BCUT2D eigenvalue weighted by atomic mass is 16.4. The van der Waals surface area contributed by atoms with Gasteiger partial charge < -0.3 is 20.4 Å². The van der Waals surface area contributed by atoms with E-state index < -0.39 is 18.8 Å². The summed E-state index contributed by atoms with van der Waals surface area (Å²) in [6.45, 7) is -0.140. The topological polar surface area (TPSA) is 80.9 Å². The minimum atomic E-state index is -1.35. The summed E-state index contributed by atoms with van der Waals surface area (Å²) in [5.74, 6) is 0. The van der Waals surface area contributed by atoms with Gasteiger partial charge in [-0.25, -0.2) is 0 Å². The Morgan fingerprint density at radius 1 is 1.38 bits per heavy atom. The maximum absolute atomic E-state index is 8.44. The molecule has 0 aliphatic carbocycles. The summed E-state index contributed by atoms with van der Waals surface area (Å²) in [6, 6.07) is 0. The highest BCUT2D eigenvalue weighted by molar-refractivity contribution is 4.71. The summed E-state index contributed by atoms with van der Waals surface area (Å²) < 4.78 is 0. The third kappa shape index (κ3) is 2.23. The summed E-state index contributed by atoms with van der Waals surface area (Å²) in [4.78, 5) is 0. The van der Waals surface area contributed by atoms with Gasteiger partial charge in [-0.15, -0.1) is 0 Å². The molecule has 4 N–H and O–H groups in total. The molecule has 0 fully saturated rings. The fourth-order valence-electron chi connectivity index (χ4n) is 0.207. The molecule has 0 bridgehead atoms. The lowest BCUT2D eigenvalue weighted by atomic mass is 10.2. The Balaban J connectivity index is 3.29. The van der Waals surface area contributed by atoms with Crippen LogP contribution in [0.4, 0.5) is 0 Å². The number of aliphatic hydroxyl groups excluding tert-OH is 4. The summed E-state index contributed by atoms with van der Waals surface area (Å²) >= 11 is 0. The van der Waals surface area contributed by atoms with Crippen molar-refractivity contribution >= 4 is 0 Å². The van der Waals surface area contributed by atoms with E-state index in [-0.39, 0.29) is 0 Å². The van der Waals surface area contributed by atoms with Crippen LogP contribution >= 0.6 is 0 Å². The lowest BCUT2D eigenvalue weighted by Crippen LogP contribution is -2.29. The van der Waals surface area contributed by atoms with E-state index in [9.17, 15) is 0 Å². The normalized spacial score (nSPS) is 18.0. The zero-order valence-electron chi connectivity index (χ0n) is 4.23. The maximum Gasteiger partial charge on any atom is 0.111 e. The fourth-order valence-corrected chi connectivity index (χ4v) is 0.207. The Morgan fingerprint density at radius 3 is 2.00 bits per heavy atom. The Kier molecular flexibility index (Phi) is 3.72. The second kappa shape index (κ2) is 3.80. The lowest BCUT2D eigenvalue weighted by molar-refractivity contribution is -0.0170. The van der Waals surface area contributed by atoms with Gasteiger partial charge in [0.15, 0.2) is 0 Å². The van der Waals surface area contributed by atoms with E-state index in [0.717, 1.165) is 0 Å². The van der Waals surface area contributed by atoms with Gasteiger partial charge in [-0.2, -0.15) is 0 Å². The van der Waals surface area contributed by atoms with E-state index in [1.807, 2.05) is 0 Å². The molecule has 0 saturated carbocycles. The molecule has 4 nitrogen and oxygen atoms in total. The molecule has 0 saturated heterocycles. The van der Waals surface area contributed by atoms with Gasteiger partial charge in [0, 0.05) is 0 Å². The van der Waals surface area contributed by atoms with E-state index in [2.05, 4.69) is 0 Å². The summed E-state index contributed by atoms with van der Waals surface area (Å²) in [5.41, 5.74) is 0. The molecular formula is C4H9O4. The van der Waals surface area contributed by atoms with Crippen molar-refractivity contribution < 1.29 is 20.4 Å². The highest BCUT2D eigenvalue weighted by Crippen LogP contribution is 1.92. The molecule has 4 heteroatoms. The monoisotopic (exact) mass is 121 g/mol. The van der Waals surface area contributed by atoms with Crippen LogP contribution in [0.1, 0.15) is 0 Å². The van der Waals surface area contributed by atoms with Gasteiger partial charge in [-0.3, -0.25) is 0 Å². The van der Waals surface area contributed by atoms with Gasteiger partial charge in [-0.05, 0) is 0 Å². The van der Waals surface area contributed by atoms with Crippen LogP contribution in [0.25, 0.3) is 0 Å². The first kappa shape index (κ1) is 7.84. The van der Waals surface area contributed by atoms with Crippen molar-refractivity contribution in [2.24, 2.45) is 0 Å². The third-order valence-corrected chi connectivity index (χ3v) is 0.734. The zero-order valence-corrected chi connectivity index (χ0v) is 4.23. The largest absolute Gasteiger partial charge is 0.394 e. The third-order valence-electron chi connectivity index (χ3n) is 0.734. The maximum atomic E-state index is 8.44. The van der Waals surface area contributed by atoms with Crippen molar-refractivity contribution in [3.05, 3.63) is 6.61 Å². The number of rotatable bonds is 3. The van der Waals surface area contributed by atoms with Crippen molar-refractivity contribution in [1.82, 2.24) is 0 Å². The molecule has 0 aromatic carbocycles. The Bertz CT molecular complexity index is 48.0. The zero-order chi connectivity index (χ0) is 6.57. The molecule has 0 unspecified atom stereocenters. The Morgan fingerprint density at radius 2 is 1.88 bits per heavy atom. The molecule has 0 aliphatic heterocycles. The number of hydrogen-bond donors (Lipinski definition) is 4. The van der Waals surface area contributed by atoms with E-state index in [4.69, 9.17) is 20.4 Å². The van der Waals surface area contributed by atoms with Crippen LogP contribution in [0.15, 0.2) is 0 Å². The van der Waals surface area contributed by atoms with E-state index >= 15 is 0 Å². The molecule has 0 aromatic heterocycles. The highest BCUT2D eigenvalue weighted by Gasteiger charge is 2.12. The first-order chi connectivity index (χ1) is 3.72. The molecule has 49 valence electrons. The molecule has 0 heterocycles. The van der Waals surface area contributed by atoms with Gasteiger partial charge in [0.2, 0.25) is 0 Å². The van der Waals surface area contributed by atoms with Crippen LogP contribution in [0.5, 0.6) is 0 Å². The van der Waals surface area contributed by atoms with Crippen molar-refractivity contribution in [2.75, 3.05) is 6.61 Å². The molecule has 0 aromatic rings. The summed E-state index contributed by atoms with van der Waals surface area (Å²) in [5, 5.41) is 32.9. The fraction of sp³-hybridized carbons (Fsp3) is 0.750. The van der Waals surface area contributed by atoms with Crippen molar-refractivity contribution in [3.63, 3.8) is 0 Å². The van der Waals surface area contributed by atoms with Gasteiger partial charge in [0.05, 0.1) is 6.61 Å². The minimum absolute atomic E-state index is 0.418. The van der Waals surface area contributed by atoms with Crippen molar-refractivity contribution in [3.8, 4) is 0 Å². The van der Waals surface area contributed by atoms with Gasteiger partial charge >= 0.3 is 0 Å². The van der Waals surface area contributed by atoms with Crippen LogP contribution in [-0.4, -0.2) is 39.2 Å². The predicted molar refractivity (Wildman–Crippen MR) is 25.3 cm³/mol. The van der Waals surface area contributed by atoms with Crippen molar-refractivity contribution in [1.29, 1.82) is 0 Å². The number of hydrogen-bond acceptors (Lipinski definition) is 4. The Hall–Kier alpha value is -0.160. The van der Waals surface area contributed by atoms with Crippen LogP contribution in [0.2, 0.25) is 0 Å². The molecule has 2 atom stereocenters. The first-order valence-electron chi connectivity index (χ1n) is 2.17. The predicted octanol–water partition coefficient (Wildman–Crippen LogP) is -1.77. The van der Waals surface area contributed by atoms with Gasteiger partial charge in [0.25, 0.3) is 0 Å². The molecule has 0 rings (SSSR count). The number of aliphatic hydroxyl groups is 4. The molecular weight excluding hydrogens is 112 g/mol. The van der Waals surface area contributed by atoms with E-state index in [0.29, 0.717) is 6.61 Å². The van der Waals surface area contributed by atoms with Gasteiger partial charge in [0.1, 0.15) is 18.8 Å². The average molecular weight is 121 g/mol. The quantitative estimate of drug-likeness (QED) is 0.356. The average Bonchev–Trinajstić information content (AvgIpc) is 1.84. The van der Waals surface area contributed by atoms with Crippen LogP contribution in [0.3, 0.4) is 0 Å². The molecule has 8 heavy (non-hydrogen) atoms. The molecule has 0 aliphatic rings.